The van der Waals surface area contributed by atoms with E-state index in [1.54, 1.807) is 32.0 Å². The molecule has 0 aliphatic carbocycles. The van der Waals surface area contributed by atoms with Gasteiger partial charge in [0.15, 0.2) is 0 Å². The number of nitrogens with one attached hydrogen (secondary N) is 2. The predicted molar refractivity (Wildman–Crippen MR) is 143 cm³/mol. The molecule has 0 saturated carbocycles. The number of amides is 2. The minimum atomic E-state index is -1.07. The summed E-state index contributed by atoms with van der Waals surface area (Å²) in [7, 11) is 1.23. The number of rotatable bonds is 11. The van der Waals surface area contributed by atoms with Gasteiger partial charge in [-0.05, 0) is 17.9 Å². The van der Waals surface area contributed by atoms with Crippen LogP contribution in [0.25, 0.3) is 0 Å². The number of aryl methyl sites for hydroxylation is 4. The number of aromatic hydroxyl groups is 1. The molecule has 1 aromatic carbocycles. The summed E-state index contributed by atoms with van der Waals surface area (Å²) in [5, 5.41) is 17.7. The molecule has 37 heavy (non-hydrogen) atoms. The number of esters is 1. The van der Waals surface area contributed by atoms with Crippen molar-refractivity contribution in [3.05, 3.63) is 68.7 Å². The molecule has 0 unspecified atom stereocenters. The number of aromatic nitrogens is 2. The molecule has 0 saturated heterocycles. The van der Waals surface area contributed by atoms with Crippen molar-refractivity contribution < 1.29 is 24.2 Å². The van der Waals surface area contributed by atoms with Crippen LogP contribution < -0.4 is 15.2 Å². The Kier molecular flexibility index (Phi) is 10.2. The van der Waals surface area contributed by atoms with Gasteiger partial charge in [0, 0.05) is 0 Å². The van der Waals surface area contributed by atoms with Gasteiger partial charge in [-0.3, -0.25) is 0 Å². The van der Waals surface area contributed by atoms with E-state index in [-0.39, 0.29) is 34.0 Å². The fourth-order valence-corrected chi connectivity index (χ4v) is 6.49. The van der Waals surface area contributed by atoms with E-state index in [1.807, 2.05) is 24.4 Å². The van der Waals surface area contributed by atoms with Gasteiger partial charge in [-0.1, -0.05) is 0 Å². The van der Waals surface area contributed by atoms with Gasteiger partial charge in [0.1, 0.15) is 0 Å². The second kappa shape index (κ2) is 13.4. The SMILES string of the molecule is COC(=O)[C@H](CNC(=O)c1cc(C)cs1)NC(=O)c1c(C)nc([As]CCCc2cccc(O)c2)nc1C. The Bertz CT molecular complexity index is 1260. The van der Waals surface area contributed by atoms with E-state index < -0.39 is 17.9 Å². The normalized spacial score (nSPS) is 11.9. The van der Waals surface area contributed by atoms with Crippen LogP contribution in [0.3, 0.4) is 0 Å². The van der Waals surface area contributed by atoms with Crippen LogP contribution in [0.4, 0.5) is 0 Å². The van der Waals surface area contributed by atoms with E-state index in [1.165, 1.54) is 18.4 Å². The van der Waals surface area contributed by atoms with Crippen LogP contribution in [0.1, 0.15) is 49.0 Å². The predicted octanol–water partition coefficient (Wildman–Crippen LogP) is 2.25. The number of ether oxygens (including phenoxy) is 1. The van der Waals surface area contributed by atoms with Crippen molar-refractivity contribution in [2.45, 2.75) is 44.9 Å². The average Bonchev–Trinajstić information content (AvgIpc) is 3.29. The number of thiophene rings is 1. The van der Waals surface area contributed by atoms with Gasteiger partial charge in [0.2, 0.25) is 0 Å². The van der Waals surface area contributed by atoms with Gasteiger partial charge in [0.25, 0.3) is 0 Å². The summed E-state index contributed by atoms with van der Waals surface area (Å²) >= 11 is 1.02. The number of benzene rings is 1. The monoisotopic (exact) mass is 585 g/mol. The first kappa shape index (κ1) is 28.3. The van der Waals surface area contributed by atoms with Gasteiger partial charge in [-0.2, -0.15) is 0 Å². The Morgan fingerprint density at radius 1 is 1.11 bits per heavy atom. The average molecular weight is 586 g/mol. The van der Waals surface area contributed by atoms with E-state index >= 15 is 0 Å². The summed E-state index contributed by atoms with van der Waals surface area (Å²) in [6.45, 7) is 5.26. The van der Waals surface area contributed by atoms with E-state index in [9.17, 15) is 19.5 Å². The number of phenolic OH excluding ortho intramolecular Hbond substituents is 1. The number of phenols is 1. The van der Waals surface area contributed by atoms with Gasteiger partial charge in [-0.25, -0.2) is 0 Å². The third-order valence-corrected chi connectivity index (χ3v) is 8.68. The molecule has 9 nitrogen and oxygen atoms in total. The molecule has 3 aromatic rings. The first-order chi connectivity index (χ1) is 17.7. The molecule has 0 spiro atoms. The van der Waals surface area contributed by atoms with Crippen LogP contribution in [0, 0.1) is 20.8 Å². The molecule has 1 radical (unpaired) electrons. The topological polar surface area (TPSA) is 131 Å². The molecule has 0 aliphatic heterocycles. The van der Waals surface area contributed by atoms with Crippen molar-refractivity contribution in [2.24, 2.45) is 0 Å². The summed E-state index contributed by atoms with van der Waals surface area (Å²) in [4.78, 5) is 47.4. The molecule has 2 aromatic heterocycles. The quantitative estimate of drug-likeness (QED) is 0.179. The van der Waals surface area contributed by atoms with E-state index in [4.69, 9.17) is 4.74 Å². The molecular formula is C26H30AsN4O5S. The van der Waals surface area contributed by atoms with Crippen LogP contribution in [-0.2, 0) is 16.0 Å². The summed E-state index contributed by atoms with van der Waals surface area (Å²) in [6.07, 6.45) is 1.81. The van der Waals surface area contributed by atoms with Crippen LogP contribution in [0.2, 0.25) is 5.21 Å². The van der Waals surface area contributed by atoms with Crippen LogP contribution >= 0.6 is 11.3 Å². The first-order valence-corrected chi connectivity index (χ1v) is 14.8. The minimum absolute atomic E-state index is 0.116. The molecule has 195 valence electrons. The van der Waals surface area contributed by atoms with Crippen molar-refractivity contribution in [1.82, 2.24) is 20.6 Å². The van der Waals surface area contributed by atoms with Gasteiger partial charge < -0.3 is 0 Å². The Balaban J connectivity index is 1.59. The Morgan fingerprint density at radius 3 is 2.46 bits per heavy atom. The number of hydrogen-bond donors (Lipinski definition) is 3. The zero-order chi connectivity index (χ0) is 26.9. The van der Waals surface area contributed by atoms with Crippen LogP contribution in [-0.4, -0.2) is 68.3 Å². The number of methoxy groups -OCH3 is 1. The van der Waals surface area contributed by atoms with Crippen molar-refractivity contribution >= 4 is 49.5 Å². The molecule has 0 bridgehead atoms. The molecule has 3 rings (SSSR count). The van der Waals surface area contributed by atoms with Crippen molar-refractivity contribution in [3.63, 3.8) is 0 Å². The molecule has 1 atom stereocenters. The molecule has 11 heteroatoms. The summed E-state index contributed by atoms with van der Waals surface area (Å²) in [5.41, 5.74) is 3.43. The summed E-state index contributed by atoms with van der Waals surface area (Å²) in [5.74, 6) is -1.23. The molecular weight excluding hydrogens is 555 g/mol. The first-order valence-electron chi connectivity index (χ1n) is 11.7. The molecule has 0 aliphatic rings. The van der Waals surface area contributed by atoms with Crippen LogP contribution in [0.5, 0.6) is 5.75 Å². The zero-order valence-electron chi connectivity index (χ0n) is 21.2. The van der Waals surface area contributed by atoms with Crippen molar-refractivity contribution in [3.8, 4) is 5.75 Å². The second-order valence-electron chi connectivity index (χ2n) is 8.47. The number of carbonyl (C=O) groups is 3. The number of carbonyl (C=O) groups excluding carboxylic acids is 3. The fraction of sp³-hybridized carbons (Fsp3) is 0.346. The number of hydrogen-bond acceptors (Lipinski definition) is 8. The molecule has 3 N–H and O–H groups in total. The molecule has 2 amide bonds. The van der Waals surface area contributed by atoms with E-state index in [2.05, 4.69) is 20.6 Å². The fourth-order valence-electron chi connectivity index (χ4n) is 3.67. The van der Waals surface area contributed by atoms with Crippen LogP contribution in [0.15, 0.2) is 35.7 Å². The standard InChI is InChI=1S/C26H30AsN4O5S/c1-15-11-21(37-14-15)23(33)28-13-20(25(35)36-4)31-24(34)22-16(2)29-26(30-17(22)3)27-10-6-8-18-7-5-9-19(32)12-18/h5,7,9,11-12,14,20,32H,6,8,10,13H2,1-4H3,(H,28,33)(H,31,34)/t20-/m0/s1. The van der Waals surface area contributed by atoms with Crippen molar-refractivity contribution in [1.29, 1.82) is 0 Å². The maximum absolute atomic E-state index is 13.1. The third-order valence-electron chi connectivity index (χ3n) is 5.49. The maximum atomic E-state index is 13.1. The van der Waals surface area contributed by atoms with Gasteiger partial charge in [0.05, 0.1) is 0 Å². The van der Waals surface area contributed by atoms with E-state index in [0.717, 1.165) is 33.8 Å². The molecule has 0 fully saturated rings. The second-order valence-corrected chi connectivity index (χ2v) is 11.8. The summed E-state index contributed by atoms with van der Waals surface area (Å²) < 4.78 is 5.56. The van der Waals surface area contributed by atoms with Crippen molar-refractivity contribution in [2.75, 3.05) is 13.7 Å². The Labute approximate surface area is 226 Å². The number of nitrogens with zero attached hydrogens (tertiary/aromatic N) is 2. The van der Waals surface area contributed by atoms with Gasteiger partial charge >= 0.3 is 209 Å². The third kappa shape index (κ3) is 8.13. The Morgan fingerprint density at radius 2 is 1.84 bits per heavy atom. The van der Waals surface area contributed by atoms with Gasteiger partial charge in [-0.15, -0.1) is 0 Å². The Hall–Kier alpha value is -3.23. The molecule has 2 heterocycles. The van der Waals surface area contributed by atoms with E-state index in [0.29, 0.717) is 21.8 Å². The zero-order valence-corrected chi connectivity index (χ0v) is 23.9. The summed E-state index contributed by atoms with van der Waals surface area (Å²) in [6, 6.07) is 7.94.